The zero-order valence-electron chi connectivity index (χ0n) is 20.9. The van der Waals surface area contributed by atoms with Gasteiger partial charge in [0.25, 0.3) is 0 Å². The number of aryl methyl sites for hydroxylation is 2. The van der Waals surface area contributed by atoms with Gasteiger partial charge in [0.1, 0.15) is 29.5 Å². The molecule has 2 rings (SSSR count). The fourth-order valence-electron chi connectivity index (χ4n) is 4.68. The third-order valence-corrected chi connectivity index (χ3v) is 7.06. The minimum Gasteiger partial charge on any atom is -0.394 e. The highest BCUT2D eigenvalue weighted by atomic mass is 16.4. The molecule has 0 aliphatic carbocycles. The van der Waals surface area contributed by atoms with E-state index >= 15 is 0 Å². The van der Waals surface area contributed by atoms with E-state index in [1.165, 1.54) is 0 Å². The number of aliphatic hydroxyl groups is 6. The Balaban J connectivity index is 2.63. The number of aliphatic hydroxyl groups excluding tert-OH is 4. The van der Waals surface area contributed by atoms with E-state index in [2.05, 4.69) is 6.58 Å². The molecule has 0 aliphatic rings. The SMILES string of the molecule is C=C(C)CC(O)(Cc1cccc(C)c1C)[C@@H](O)[C@@](O)(Cc1cccc(C)c1C)[C@H](O)[C@@H](O)CO. The van der Waals surface area contributed by atoms with Crippen LogP contribution in [-0.2, 0) is 12.8 Å². The first-order valence-electron chi connectivity index (χ1n) is 11.6. The second-order valence-corrected chi connectivity index (χ2v) is 9.90. The lowest BCUT2D eigenvalue weighted by molar-refractivity contribution is -0.228. The molecular weight excluding hydrogens is 432 g/mol. The van der Waals surface area contributed by atoms with Crippen LogP contribution in [0.5, 0.6) is 0 Å². The Kier molecular flexibility index (Phi) is 9.22. The highest BCUT2D eigenvalue weighted by Gasteiger charge is 2.54. The van der Waals surface area contributed by atoms with Crippen molar-refractivity contribution < 1.29 is 30.6 Å². The first-order chi connectivity index (χ1) is 15.8. The topological polar surface area (TPSA) is 121 Å². The largest absolute Gasteiger partial charge is 0.394 e. The Morgan fingerprint density at radius 1 is 0.853 bits per heavy atom. The van der Waals surface area contributed by atoms with Crippen LogP contribution in [0, 0.1) is 27.7 Å². The van der Waals surface area contributed by atoms with Gasteiger partial charge in [0, 0.05) is 12.8 Å². The Hall–Kier alpha value is -2.06. The Labute approximate surface area is 202 Å². The fraction of sp³-hybridized carbons (Fsp3) is 0.500. The summed E-state index contributed by atoms with van der Waals surface area (Å²) >= 11 is 0. The molecule has 0 saturated heterocycles. The lowest BCUT2D eigenvalue weighted by atomic mass is 9.70. The van der Waals surface area contributed by atoms with E-state index in [4.69, 9.17) is 0 Å². The van der Waals surface area contributed by atoms with Crippen LogP contribution in [0.15, 0.2) is 48.6 Å². The normalized spacial score (nSPS) is 18.0. The van der Waals surface area contributed by atoms with Crippen LogP contribution in [0.25, 0.3) is 0 Å². The molecule has 0 heterocycles. The highest BCUT2D eigenvalue weighted by Crippen LogP contribution is 2.37. The summed E-state index contributed by atoms with van der Waals surface area (Å²) in [5.74, 6) is 0. The molecule has 2 aromatic carbocycles. The highest BCUT2D eigenvalue weighted by molar-refractivity contribution is 5.37. The number of benzene rings is 2. The molecule has 0 aliphatic heterocycles. The predicted octanol–water partition coefficient (Wildman–Crippen LogP) is 2.21. The molecule has 6 nitrogen and oxygen atoms in total. The van der Waals surface area contributed by atoms with Crippen LogP contribution in [0.2, 0.25) is 0 Å². The van der Waals surface area contributed by atoms with Crippen LogP contribution < -0.4 is 0 Å². The van der Waals surface area contributed by atoms with Crippen molar-refractivity contribution in [3.8, 4) is 0 Å². The van der Waals surface area contributed by atoms with Crippen molar-refractivity contribution in [3.63, 3.8) is 0 Å². The van der Waals surface area contributed by atoms with Crippen molar-refractivity contribution in [2.45, 2.75) is 83.4 Å². The first-order valence-corrected chi connectivity index (χ1v) is 11.6. The van der Waals surface area contributed by atoms with Crippen LogP contribution in [-0.4, -0.2) is 66.8 Å². The average molecular weight is 473 g/mol. The molecule has 0 bridgehead atoms. The second-order valence-electron chi connectivity index (χ2n) is 9.90. The third-order valence-electron chi connectivity index (χ3n) is 7.06. The molecule has 188 valence electrons. The van der Waals surface area contributed by atoms with Crippen LogP contribution in [0.3, 0.4) is 0 Å². The molecule has 0 aromatic heterocycles. The molecule has 0 amide bonds. The van der Waals surface area contributed by atoms with Gasteiger partial charge in [-0.15, -0.1) is 6.58 Å². The maximum absolute atomic E-state index is 11.8. The molecule has 6 N–H and O–H groups in total. The summed E-state index contributed by atoms with van der Waals surface area (Å²) in [7, 11) is 0. The van der Waals surface area contributed by atoms with Gasteiger partial charge in [0.2, 0.25) is 0 Å². The molecule has 0 fully saturated rings. The second kappa shape index (κ2) is 11.1. The Bertz CT molecular complexity index is 1000. The van der Waals surface area contributed by atoms with E-state index in [9.17, 15) is 30.6 Å². The smallest absolute Gasteiger partial charge is 0.126 e. The summed E-state index contributed by atoms with van der Waals surface area (Å²) in [6.45, 7) is 12.4. The lowest BCUT2D eigenvalue weighted by Crippen LogP contribution is -2.66. The van der Waals surface area contributed by atoms with Gasteiger partial charge in [0.05, 0.1) is 6.61 Å². The molecule has 0 saturated carbocycles. The van der Waals surface area contributed by atoms with Crippen molar-refractivity contribution in [2.24, 2.45) is 0 Å². The van der Waals surface area contributed by atoms with E-state index in [1.54, 1.807) is 19.1 Å². The van der Waals surface area contributed by atoms with E-state index < -0.39 is 36.1 Å². The van der Waals surface area contributed by atoms with E-state index in [-0.39, 0.29) is 19.3 Å². The summed E-state index contributed by atoms with van der Waals surface area (Å²) in [6.07, 6.45) is -5.83. The van der Waals surface area contributed by atoms with Crippen molar-refractivity contribution in [3.05, 3.63) is 81.9 Å². The molecule has 0 radical (unpaired) electrons. The van der Waals surface area contributed by atoms with Crippen molar-refractivity contribution >= 4 is 0 Å². The molecule has 5 atom stereocenters. The number of rotatable bonds is 11. The maximum Gasteiger partial charge on any atom is 0.126 e. The van der Waals surface area contributed by atoms with E-state index in [0.717, 1.165) is 27.8 Å². The standard InChI is InChI=1S/C28H40O6/c1-17(2)13-27(33,14-22-11-7-9-18(3)20(22)5)26(32)28(34,25(31)24(30)16-29)15-23-12-8-10-19(4)21(23)6/h7-12,24-26,29-34H,1,13-16H2,2-6H3/t24-,25+,26+,27?,28+/m0/s1. The van der Waals surface area contributed by atoms with Crippen molar-refractivity contribution in [1.29, 1.82) is 0 Å². The fourth-order valence-corrected chi connectivity index (χ4v) is 4.68. The van der Waals surface area contributed by atoms with Crippen LogP contribution in [0.4, 0.5) is 0 Å². The zero-order valence-corrected chi connectivity index (χ0v) is 20.9. The van der Waals surface area contributed by atoms with Gasteiger partial charge in [-0.3, -0.25) is 0 Å². The van der Waals surface area contributed by atoms with Crippen LogP contribution in [0.1, 0.15) is 46.7 Å². The minimum absolute atomic E-state index is 0.00834. The summed E-state index contributed by atoms with van der Waals surface area (Å²) in [4.78, 5) is 0. The molecule has 34 heavy (non-hydrogen) atoms. The third kappa shape index (κ3) is 5.95. The number of hydrogen-bond donors (Lipinski definition) is 6. The summed E-state index contributed by atoms with van der Waals surface area (Å²) < 4.78 is 0. The lowest BCUT2D eigenvalue weighted by Gasteiger charge is -2.46. The summed E-state index contributed by atoms with van der Waals surface area (Å²) in [6, 6.07) is 11.1. The predicted molar refractivity (Wildman–Crippen MR) is 134 cm³/mol. The maximum atomic E-state index is 11.8. The van der Waals surface area contributed by atoms with Gasteiger partial charge in [0.15, 0.2) is 0 Å². The Morgan fingerprint density at radius 2 is 1.32 bits per heavy atom. The van der Waals surface area contributed by atoms with Gasteiger partial charge >= 0.3 is 0 Å². The average Bonchev–Trinajstić information content (AvgIpc) is 2.77. The molecule has 6 heteroatoms. The van der Waals surface area contributed by atoms with Crippen LogP contribution >= 0.6 is 0 Å². The quantitative estimate of drug-likeness (QED) is 0.279. The van der Waals surface area contributed by atoms with Crippen molar-refractivity contribution in [1.82, 2.24) is 0 Å². The molecule has 2 aromatic rings. The van der Waals surface area contributed by atoms with Gasteiger partial charge in [-0.05, 0) is 74.4 Å². The minimum atomic E-state index is -2.37. The van der Waals surface area contributed by atoms with Gasteiger partial charge in [-0.25, -0.2) is 0 Å². The number of hydrogen-bond acceptors (Lipinski definition) is 6. The van der Waals surface area contributed by atoms with Crippen molar-refractivity contribution in [2.75, 3.05) is 6.61 Å². The first kappa shape index (κ1) is 28.2. The summed E-state index contributed by atoms with van der Waals surface area (Å²) in [5, 5.41) is 65.9. The van der Waals surface area contributed by atoms with E-state index in [1.807, 2.05) is 52.0 Å². The monoisotopic (exact) mass is 472 g/mol. The zero-order chi connectivity index (χ0) is 25.8. The van der Waals surface area contributed by atoms with Gasteiger partial charge < -0.3 is 30.6 Å². The van der Waals surface area contributed by atoms with Gasteiger partial charge in [-0.2, -0.15) is 0 Å². The molecule has 1 unspecified atom stereocenters. The Morgan fingerprint density at radius 3 is 1.76 bits per heavy atom. The summed E-state index contributed by atoms with van der Waals surface area (Å²) in [5.41, 5.74) is 1.52. The molecule has 0 spiro atoms. The van der Waals surface area contributed by atoms with Gasteiger partial charge in [-0.1, -0.05) is 42.0 Å². The molecular formula is C28H40O6. The van der Waals surface area contributed by atoms with E-state index in [0.29, 0.717) is 11.1 Å².